The lowest BCUT2D eigenvalue weighted by molar-refractivity contribution is -0.161. The molecule has 1 aliphatic rings. The number of hydrogen-bond donors (Lipinski definition) is 5. The van der Waals surface area contributed by atoms with E-state index in [1.54, 1.807) is 0 Å². The second-order valence-corrected chi connectivity index (χ2v) is 20.3. The maximum Gasteiger partial charge on any atom is 0.481 e. The molecule has 18 nitrogen and oxygen atoms in total. The van der Waals surface area contributed by atoms with Crippen LogP contribution in [0.15, 0.2) is 17.1 Å². The first kappa shape index (κ1) is 55.9. The van der Waals surface area contributed by atoms with Crippen LogP contribution in [0.1, 0.15) is 175 Å². The van der Waals surface area contributed by atoms with Crippen molar-refractivity contribution in [3.63, 3.8) is 0 Å². The summed E-state index contributed by atoms with van der Waals surface area (Å²) in [5.41, 5.74) is 4.58. The fraction of sp³-hybridized carbons (Fsp3) is 0.857. The zero-order chi connectivity index (χ0) is 46.0. The fourth-order valence-corrected chi connectivity index (χ4v) is 9.09. The molecule has 1 aromatic heterocycles. The summed E-state index contributed by atoms with van der Waals surface area (Å²) in [4.78, 5) is 61.6. The second kappa shape index (κ2) is 30.8. The Bertz CT molecular complexity index is 1560. The van der Waals surface area contributed by atoms with Gasteiger partial charge in [-0.05, 0) is 30.7 Å². The Labute approximate surface area is 368 Å². The van der Waals surface area contributed by atoms with Gasteiger partial charge in [0.2, 0.25) is 0 Å². The van der Waals surface area contributed by atoms with Gasteiger partial charge in [-0.15, -0.1) is 0 Å². The number of nitrogen functional groups attached to an aromatic ring is 1. The molecule has 0 aromatic carbocycles. The molecule has 360 valence electrons. The van der Waals surface area contributed by atoms with Gasteiger partial charge in [-0.3, -0.25) is 23.2 Å². The van der Waals surface area contributed by atoms with Gasteiger partial charge < -0.3 is 39.9 Å². The maximum atomic E-state index is 12.8. The van der Waals surface area contributed by atoms with Crippen molar-refractivity contribution in [2.24, 2.45) is 11.8 Å². The molecule has 1 fully saturated rings. The predicted octanol–water partition coefficient (Wildman–Crippen LogP) is 8.04. The molecular weight excluding hydrogens is 848 g/mol. The lowest BCUT2D eigenvalue weighted by Gasteiger charge is -2.21. The minimum atomic E-state index is -5.41. The van der Waals surface area contributed by atoms with E-state index in [0.29, 0.717) is 12.8 Å². The van der Waals surface area contributed by atoms with Crippen LogP contribution in [0.2, 0.25) is 0 Å². The number of nitrogens with zero attached hydrogens (tertiary/aromatic N) is 2. The van der Waals surface area contributed by atoms with E-state index in [1.807, 2.05) is 0 Å². The van der Waals surface area contributed by atoms with Gasteiger partial charge in [-0.1, -0.05) is 143 Å². The number of phosphoric acid groups is 2. The molecule has 1 saturated heterocycles. The Morgan fingerprint density at radius 2 is 1.19 bits per heavy atom. The smallest absolute Gasteiger partial charge is 0.462 e. The minimum absolute atomic E-state index is 0.0547. The zero-order valence-electron chi connectivity index (χ0n) is 37.5. The summed E-state index contributed by atoms with van der Waals surface area (Å²) in [6.45, 7) is 6.67. The Hall–Kier alpha value is -2.24. The molecule has 1 aromatic rings. The number of rotatable bonds is 36. The van der Waals surface area contributed by atoms with E-state index in [2.05, 4.69) is 37.0 Å². The number of aliphatic hydroxyl groups excluding tert-OH is 2. The monoisotopic (exact) mass is 925 g/mol. The van der Waals surface area contributed by atoms with Crippen molar-refractivity contribution in [2.45, 2.75) is 200 Å². The highest BCUT2D eigenvalue weighted by Gasteiger charge is 2.46. The Morgan fingerprint density at radius 1 is 0.726 bits per heavy atom. The Kier molecular flexibility index (Phi) is 27.8. The van der Waals surface area contributed by atoms with E-state index in [0.717, 1.165) is 74.0 Å². The van der Waals surface area contributed by atoms with Gasteiger partial charge in [-0.2, -0.15) is 9.29 Å². The number of ether oxygens (including phenoxy) is 3. The predicted molar refractivity (Wildman–Crippen MR) is 234 cm³/mol. The number of carbonyl (C=O) groups excluding carboxylic acids is 2. The van der Waals surface area contributed by atoms with Gasteiger partial charge in [0.25, 0.3) is 0 Å². The van der Waals surface area contributed by atoms with Crippen LogP contribution in [0.3, 0.4) is 0 Å². The van der Waals surface area contributed by atoms with Crippen molar-refractivity contribution in [3.8, 4) is 0 Å². The molecule has 2 rings (SSSR count). The molecule has 0 spiro atoms. The number of esters is 2. The average Bonchev–Trinajstić information content (AvgIpc) is 3.47. The second-order valence-electron chi connectivity index (χ2n) is 17.2. The lowest BCUT2D eigenvalue weighted by atomic mass is 10.0. The van der Waals surface area contributed by atoms with E-state index < -0.39 is 83.7 Å². The summed E-state index contributed by atoms with van der Waals surface area (Å²) in [6.07, 6.45) is 15.2. The van der Waals surface area contributed by atoms with Crippen LogP contribution < -0.4 is 11.4 Å². The summed E-state index contributed by atoms with van der Waals surface area (Å²) in [5, 5.41) is 20.8. The molecule has 6 N–H and O–H groups in total. The number of aliphatic hydroxyl groups is 2. The van der Waals surface area contributed by atoms with Crippen LogP contribution in [0.25, 0.3) is 0 Å². The van der Waals surface area contributed by atoms with Gasteiger partial charge in [0, 0.05) is 19.0 Å². The van der Waals surface area contributed by atoms with Crippen molar-refractivity contribution in [1.29, 1.82) is 0 Å². The number of unbranched alkanes of at least 4 members (excludes halogenated alkanes) is 16. The summed E-state index contributed by atoms with van der Waals surface area (Å²) >= 11 is 0. The van der Waals surface area contributed by atoms with Gasteiger partial charge in [0.1, 0.15) is 30.7 Å². The Balaban J connectivity index is 1.84. The topological polar surface area (TPSA) is 265 Å². The molecular formula is C42H77N3O15P2. The first-order valence-corrected chi connectivity index (χ1v) is 25.8. The summed E-state index contributed by atoms with van der Waals surface area (Å²) in [5.74, 6) is 0.182. The minimum Gasteiger partial charge on any atom is -0.462 e. The highest BCUT2D eigenvalue weighted by atomic mass is 31.3. The molecule has 1 aliphatic heterocycles. The largest absolute Gasteiger partial charge is 0.481 e. The van der Waals surface area contributed by atoms with Crippen LogP contribution in [-0.4, -0.2) is 85.7 Å². The summed E-state index contributed by atoms with van der Waals surface area (Å²) in [6, 6.07) is 1.25. The van der Waals surface area contributed by atoms with Crippen LogP contribution in [0.4, 0.5) is 5.82 Å². The van der Waals surface area contributed by atoms with Crippen LogP contribution in [-0.2, 0) is 46.3 Å². The molecule has 2 heterocycles. The normalized spacial score (nSPS) is 20.3. The average molecular weight is 926 g/mol. The highest BCUT2D eigenvalue weighted by molar-refractivity contribution is 7.61. The van der Waals surface area contributed by atoms with E-state index in [1.165, 1.54) is 70.3 Å². The molecule has 0 radical (unpaired) electrons. The third-order valence-electron chi connectivity index (χ3n) is 10.5. The van der Waals surface area contributed by atoms with Crippen molar-refractivity contribution in [2.75, 3.05) is 25.6 Å². The van der Waals surface area contributed by atoms with Crippen molar-refractivity contribution in [3.05, 3.63) is 22.7 Å². The number of anilines is 1. The van der Waals surface area contributed by atoms with Gasteiger partial charge in [0.15, 0.2) is 12.3 Å². The van der Waals surface area contributed by atoms with Crippen molar-refractivity contribution >= 4 is 33.4 Å². The van der Waals surface area contributed by atoms with E-state index in [9.17, 15) is 43.5 Å². The molecule has 7 atom stereocenters. The maximum absolute atomic E-state index is 12.8. The number of nitrogens with two attached hydrogens (primary N) is 1. The molecule has 0 aliphatic carbocycles. The third-order valence-corrected chi connectivity index (χ3v) is 13.1. The van der Waals surface area contributed by atoms with Gasteiger partial charge in [-0.25, -0.2) is 13.9 Å². The summed E-state index contributed by atoms with van der Waals surface area (Å²) in [7, 11) is -10.8. The van der Waals surface area contributed by atoms with Gasteiger partial charge in [0.05, 0.1) is 13.2 Å². The number of aromatic nitrogens is 2. The Morgan fingerprint density at radius 3 is 1.69 bits per heavy atom. The van der Waals surface area contributed by atoms with Crippen LogP contribution in [0, 0.1) is 11.8 Å². The molecule has 20 heteroatoms. The van der Waals surface area contributed by atoms with E-state index >= 15 is 0 Å². The number of carbonyl (C=O) groups is 2. The van der Waals surface area contributed by atoms with Gasteiger partial charge >= 0.3 is 33.3 Å². The summed E-state index contributed by atoms with van der Waals surface area (Å²) < 4.78 is 56.6. The molecule has 0 saturated carbocycles. The van der Waals surface area contributed by atoms with Crippen LogP contribution >= 0.6 is 15.6 Å². The van der Waals surface area contributed by atoms with Crippen LogP contribution in [0.5, 0.6) is 0 Å². The van der Waals surface area contributed by atoms with Crippen molar-refractivity contribution in [1.82, 2.24) is 9.55 Å². The molecule has 0 bridgehead atoms. The van der Waals surface area contributed by atoms with Crippen molar-refractivity contribution < 1.29 is 66.3 Å². The quantitative estimate of drug-likeness (QED) is 0.0242. The highest BCUT2D eigenvalue weighted by Crippen LogP contribution is 2.60. The standard InChI is InChI=1S/C42H77N3O15P2/c1-32(2)23-19-15-11-7-5-6-8-14-18-22-26-38(47)58-34(29-55-37(46)25-21-17-13-10-9-12-16-20-24-33(3)4)30-56-61(51,52)60-62(53,54)57-31-35-39(48)40(49)41(59-35)45-28-27-36(43)44-42(45)50/h27-28,32-35,39-41,48-49H,5-26,29-31H2,1-4H3,(H,51,52)(H,53,54)(H2,43,44,50)/t34-,35-,39+,40?,41-/m1/s1. The first-order chi connectivity index (χ1) is 29.4. The fourth-order valence-electron chi connectivity index (χ4n) is 6.98. The number of phosphoric ester groups is 2. The van der Waals surface area contributed by atoms with E-state index in [-0.39, 0.29) is 18.7 Å². The number of hydrogen-bond acceptors (Lipinski definition) is 15. The SMILES string of the molecule is CC(C)CCCCCCCCCCCCC(=O)O[C@H](COC(=O)CCCCCCCCCCC(C)C)COP(=O)(O)OP(=O)(O)OC[C@H]1O[C@@H](n2ccc(N)nc2=O)C(O)[C@H]1O. The molecule has 0 amide bonds. The third kappa shape index (κ3) is 25.3. The lowest BCUT2D eigenvalue weighted by Crippen LogP contribution is -2.36. The molecule has 62 heavy (non-hydrogen) atoms. The first-order valence-electron chi connectivity index (χ1n) is 22.8. The van der Waals surface area contributed by atoms with E-state index in [4.69, 9.17) is 29.0 Å². The zero-order valence-corrected chi connectivity index (χ0v) is 39.3. The molecule has 3 unspecified atom stereocenters.